The molecule has 0 amide bonds. The Balaban J connectivity index is 1.24. The molecule has 0 bridgehead atoms. The van der Waals surface area contributed by atoms with Gasteiger partial charge in [0.2, 0.25) is 0 Å². The molecule has 2 aromatic heterocycles. The monoisotopic (exact) mass is 516 g/mol. The third kappa shape index (κ3) is 7.33. The first-order chi connectivity index (χ1) is 18.5. The molecule has 4 aromatic rings. The second-order valence-electron chi connectivity index (χ2n) is 8.58. The van der Waals surface area contributed by atoms with E-state index in [4.69, 9.17) is 9.47 Å². The molecule has 0 saturated carbocycles. The van der Waals surface area contributed by atoms with Crippen LogP contribution < -0.4 is 18.6 Å². The van der Waals surface area contributed by atoms with Gasteiger partial charge in [-0.3, -0.25) is 20.2 Å². The molecule has 0 atom stereocenters. The molecule has 0 N–H and O–H groups in total. The van der Waals surface area contributed by atoms with Crippen molar-refractivity contribution in [3.63, 3.8) is 0 Å². The lowest BCUT2D eigenvalue weighted by atomic mass is 10.2. The Kier molecular flexibility index (Phi) is 8.90. The molecule has 0 aliphatic heterocycles. The predicted octanol–water partition coefficient (Wildman–Crippen LogP) is 4.41. The first-order valence-electron chi connectivity index (χ1n) is 12.2. The van der Waals surface area contributed by atoms with Crippen molar-refractivity contribution in [2.75, 3.05) is 13.2 Å². The number of pyridine rings is 2. The molecule has 38 heavy (non-hydrogen) atoms. The highest BCUT2D eigenvalue weighted by molar-refractivity contribution is 5.33. The topological polar surface area (TPSA) is 112 Å². The number of benzene rings is 2. The van der Waals surface area contributed by atoms with E-state index in [-0.39, 0.29) is 11.4 Å². The maximum absolute atomic E-state index is 10.9. The summed E-state index contributed by atoms with van der Waals surface area (Å²) in [5.74, 6) is 1.44. The molecular formula is C28H28N4O6+2. The van der Waals surface area contributed by atoms with Gasteiger partial charge in [-0.25, -0.2) is 0 Å². The molecule has 194 valence electrons. The Morgan fingerprint density at radius 1 is 0.579 bits per heavy atom. The number of hydrogen-bond donors (Lipinski definition) is 0. The van der Waals surface area contributed by atoms with E-state index < -0.39 is 9.85 Å². The van der Waals surface area contributed by atoms with E-state index in [1.807, 2.05) is 57.9 Å². The minimum Gasteiger partial charge on any atom is -0.444 e. The van der Waals surface area contributed by atoms with Gasteiger partial charge in [0.15, 0.2) is 25.5 Å². The number of nitro benzene ring substituents is 2. The molecular weight excluding hydrogens is 488 g/mol. The molecule has 0 spiro atoms. The summed E-state index contributed by atoms with van der Waals surface area (Å²) in [7, 11) is 0. The average molecular weight is 517 g/mol. The number of unbranched alkanes of at least 4 members (excludes halogenated alkanes) is 1. The number of nitrogens with zero attached hydrogens (tertiary/aromatic N) is 4. The summed E-state index contributed by atoms with van der Waals surface area (Å²) in [5, 5.41) is 21.7. The highest BCUT2D eigenvalue weighted by Gasteiger charge is 2.15. The summed E-state index contributed by atoms with van der Waals surface area (Å²) in [5.41, 5.74) is 2.01. The third-order valence-corrected chi connectivity index (χ3v) is 5.84. The van der Waals surface area contributed by atoms with Gasteiger partial charge in [-0.05, 0) is 49.2 Å². The minimum absolute atomic E-state index is 0.0675. The second-order valence-corrected chi connectivity index (χ2v) is 8.58. The molecule has 0 aliphatic rings. The molecule has 0 saturated heterocycles. The predicted molar refractivity (Wildman–Crippen MR) is 138 cm³/mol. The van der Waals surface area contributed by atoms with Crippen LogP contribution in [-0.4, -0.2) is 23.1 Å². The summed E-state index contributed by atoms with van der Waals surface area (Å²) in [6.07, 6.45) is 5.42. The Morgan fingerprint density at radius 2 is 0.974 bits per heavy atom. The van der Waals surface area contributed by atoms with Gasteiger partial charge in [0.25, 0.3) is 11.4 Å². The van der Waals surface area contributed by atoms with E-state index in [0.717, 1.165) is 35.7 Å². The van der Waals surface area contributed by atoms with Crippen LogP contribution in [0.5, 0.6) is 11.8 Å². The van der Waals surface area contributed by atoms with Crippen molar-refractivity contribution in [1.29, 1.82) is 0 Å². The quantitative estimate of drug-likeness (QED) is 0.113. The van der Waals surface area contributed by atoms with E-state index in [0.29, 0.717) is 26.3 Å². The summed E-state index contributed by atoms with van der Waals surface area (Å²) in [6.45, 7) is 2.12. The zero-order valence-corrected chi connectivity index (χ0v) is 20.7. The zero-order valence-electron chi connectivity index (χ0n) is 20.7. The standard InChI is InChI=1S/C28H28N4O6/c33-31(34)25-13-9-23(10-14-25)21-29-17-3-1-7-27(29)37-19-5-6-20-38-28-8-2-4-18-30(28)22-24-11-15-26(16-12-24)32(35)36/h1-4,7-18H,5-6,19-22H2/q+2. The van der Waals surface area contributed by atoms with Gasteiger partial charge in [0.05, 0.1) is 35.2 Å². The molecule has 0 fully saturated rings. The smallest absolute Gasteiger partial charge is 0.368 e. The van der Waals surface area contributed by atoms with Crippen LogP contribution in [0.4, 0.5) is 11.4 Å². The van der Waals surface area contributed by atoms with Gasteiger partial charge >= 0.3 is 11.8 Å². The van der Waals surface area contributed by atoms with Crippen molar-refractivity contribution in [1.82, 2.24) is 0 Å². The van der Waals surface area contributed by atoms with E-state index in [2.05, 4.69) is 0 Å². The van der Waals surface area contributed by atoms with Gasteiger partial charge in [0, 0.05) is 47.5 Å². The van der Waals surface area contributed by atoms with Gasteiger partial charge < -0.3 is 9.47 Å². The van der Waals surface area contributed by atoms with Gasteiger partial charge in [-0.1, -0.05) is 0 Å². The molecule has 2 heterocycles. The number of nitro groups is 2. The van der Waals surface area contributed by atoms with E-state index in [1.54, 1.807) is 24.3 Å². The lowest BCUT2D eigenvalue weighted by molar-refractivity contribution is -0.694. The molecule has 10 nitrogen and oxygen atoms in total. The highest BCUT2D eigenvalue weighted by Crippen LogP contribution is 2.14. The Hall–Kier alpha value is -4.86. The summed E-state index contributed by atoms with van der Waals surface area (Å²) in [4.78, 5) is 20.9. The van der Waals surface area contributed by atoms with Crippen molar-refractivity contribution in [2.45, 2.75) is 25.9 Å². The molecule has 10 heteroatoms. The van der Waals surface area contributed by atoms with Crippen molar-refractivity contribution < 1.29 is 28.5 Å². The number of ether oxygens (including phenoxy) is 2. The van der Waals surface area contributed by atoms with Crippen LogP contribution in [0.2, 0.25) is 0 Å². The van der Waals surface area contributed by atoms with Crippen molar-refractivity contribution in [2.24, 2.45) is 0 Å². The largest absolute Gasteiger partial charge is 0.444 e. The highest BCUT2D eigenvalue weighted by atomic mass is 16.6. The van der Waals surface area contributed by atoms with Crippen LogP contribution in [0.25, 0.3) is 0 Å². The summed E-state index contributed by atoms with van der Waals surface area (Å²) >= 11 is 0. The molecule has 4 rings (SSSR count). The number of hydrogen-bond acceptors (Lipinski definition) is 6. The Bertz CT molecular complexity index is 1270. The lowest BCUT2D eigenvalue weighted by Gasteiger charge is -2.08. The molecule has 0 aliphatic carbocycles. The van der Waals surface area contributed by atoms with Crippen LogP contribution in [0.1, 0.15) is 24.0 Å². The number of aromatic nitrogens is 2. The maximum Gasteiger partial charge on any atom is 0.368 e. The van der Waals surface area contributed by atoms with Crippen molar-refractivity contribution in [3.05, 3.63) is 129 Å². The first-order valence-corrected chi connectivity index (χ1v) is 12.2. The summed E-state index contributed by atoms with van der Waals surface area (Å²) in [6, 6.07) is 24.4. The van der Waals surface area contributed by atoms with Crippen LogP contribution in [-0.2, 0) is 13.1 Å². The average Bonchev–Trinajstić information content (AvgIpc) is 2.93. The molecule has 2 aromatic carbocycles. The second kappa shape index (κ2) is 12.9. The van der Waals surface area contributed by atoms with Gasteiger partial charge in [0.1, 0.15) is 0 Å². The van der Waals surface area contributed by atoms with E-state index in [1.165, 1.54) is 24.3 Å². The first kappa shape index (κ1) is 26.2. The SMILES string of the molecule is O=[N+]([O-])c1ccc(C[n+]2ccccc2OCCCCOc2cccc[n+]2Cc2ccc([N+](=O)[O-])cc2)cc1. The minimum atomic E-state index is -0.409. The normalized spacial score (nSPS) is 10.6. The van der Waals surface area contributed by atoms with Crippen molar-refractivity contribution >= 4 is 11.4 Å². The van der Waals surface area contributed by atoms with Crippen LogP contribution in [0.3, 0.4) is 0 Å². The fraction of sp³-hybridized carbons (Fsp3) is 0.214. The van der Waals surface area contributed by atoms with E-state index >= 15 is 0 Å². The number of non-ortho nitro benzene ring substituents is 2. The molecule has 0 unspecified atom stereocenters. The van der Waals surface area contributed by atoms with Crippen LogP contribution in [0.15, 0.2) is 97.3 Å². The zero-order chi connectivity index (χ0) is 26.7. The van der Waals surface area contributed by atoms with Crippen LogP contribution >= 0.6 is 0 Å². The number of rotatable bonds is 13. The van der Waals surface area contributed by atoms with Gasteiger partial charge in [-0.15, -0.1) is 0 Å². The fourth-order valence-electron chi connectivity index (χ4n) is 3.84. The van der Waals surface area contributed by atoms with Crippen LogP contribution in [0, 0.1) is 20.2 Å². The Labute approximate surface area is 219 Å². The third-order valence-electron chi connectivity index (χ3n) is 5.84. The van der Waals surface area contributed by atoms with E-state index in [9.17, 15) is 20.2 Å². The Morgan fingerprint density at radius 3 is 1.34 bits per heavy atom. The maximum atomic E-state index is 10.9. The van der Waals surface area contributed by atoms with Gasteiger partial charge in [-0.2, -0.15) is 9.13 Å². The fourth-order valence-corrected chi connectivity index (χ4v) is 3.84. The lowest BCUT2D eigenvalue weighted by Crippen LogP contribution is -2.36. The summed E-state index contributed by atoms with van der Waals surface area (Å²) < 4.78 is 15.9. The molecule has 0 radical (unpaired) electrons. The van der Waals surface area contributed by atoms with Crippen molar-refractivity contribution in [3.8, 4) is 11.8 Å².